The van der Waals surface area contributed by atoms with E-state index in [-0.39, 0.29) is 11.4 Å². The average molecular weight is 498 g/mol. The van der Waals surface area contributed by atoms with Crippen LogP contribution in [0.2, 0.25) is 15.1 Å². The predicted molar refractivity (Wildman–Crippen MR) is 125 cm³/mol. The van der Waals surface area contributed by atoms with Crippen molar-refractivity contribution < 1.29 is 13.2 Å². The topological polar surface area (TPSA) is 66.5 Å². The van der Waals surface area contributed by atoms with Crippen molar-refractivity contribution >= 4 is 56.4 Å². The maximum atomic E-state index is 13.3. The Morgan fingerprint density at radius 3 is 2.03 bits per heavy atom. The monoisotopic (exact) mass is 496 g/mol. The number of anilines is 1. The van der Waals surface area contributed by atoms with Gasteiger partial charge in [-0.2, -0.15) is 4.31 Å². The van der Waals surface area contributed by atoms with Crippen LogP contribution in [0.3, 0.4) is 0 Å². The van der Waals surface area contributed by atoms with Gasteiger partial charge >= 0.3 is 0 Å². The van der Waals surface area contributed by atoms with Crippen molar-refractivity contribution in [2.45, 2.75) is 18.4 Å². The van der Waals surface area contributed by atoms with E-state index in [2.05, 4.69) is 5.32 Å². The Bertz CT molecular complexity index is 1160. The number of nitrogens with zero attached hydrogens (tertiary/aromatic N) is 1. The second-order valence-electron chi connectivity index (χ2n) is 6.92. The molecule has 0 aromatic heterocycles. The minimum Gasteiger partial charge on any atom is -0.325 e. The summed E-state index contributed by atoms with van der Waals surface area (Å²) in [6.07, 6.45) is 0. The van der Waals surface area contributed by atoms with Gasteiger partial charge in [0, 0.05) is 27.3 Å². The number of benzene rings is 3. The molecule has 9 heteroatoms. The van der Waals surface area contributed by atoms with Gasteiger partial charge in [-0.1, -0.05) is 64.6 Å². The van der Waals surface area contributed by atoms with E-state index in [9.17, 15) is 13.2 Å². The second-order valence-corrected chi connectivity index (χ2v) is 10.2. The van der Waals surface area contributed by atoms with Gasteiger partial charge in [-0.3, -0.25) is 4.79 Å². The van der Waals surface area contributed by atoms with Crippen LogP contribution in [0.4, 0.5) is 5.69 Å². The molecule has 0 bridgehead atoms. The molecule has 3 aromatic rings. The van der Waals surface area contributed by atoms with Crippen molar-refractivity contribution in [3.05, 3.63) is 92.9 Å². The van der Waals surface area contributed by atoms with Crippen molar-refractivity contribution in [2.24, 2.45) is 0 Å². The first-order chi connectivity index (χ1) is 14.6. The highest BCUT2D eigenvalue weighted by Gasteiger charge is 2.27. The number of sulfonamides is 1. The Hall–Kier alpha value is -2.09. The molecule has 162 valence electrons. The summed E-state index contributed by atoms with van der Waals surface area (Å²) in [7, 11) is -3.97. The number of amides is 1. The third kappa shape index (κ3) is 6.45. The van der Waals surface area contributed by atoms with Gasteiger partial charge in [-0.15, -0.1) is 0 Å². The smallest absolute Gasteiger partial charge is 0.243 e. The first kappa shape index (κ1) is 23.6. The van der Waals surface area contributed by atoms with E-state index in [0.717, 1.165) is 15.4 Å². The summed E-state index contributed by atoms with van der Waals surface area (Å²) < 4.78 is 27.7. The standard InChI is InChI=1S/C22H19Cl3N2O3S/c1-15-2-4-16(5-3-15)13-27(31(29,30)21-8-6-17(23)7-9-21)14-22(28)26-20-11-18(24)10-19(25)12-20/h2-12H,13-14H2,1H3,(H,26,28). The Kier molecular flexibility index (Phi) is 7.62. The summed E-state index contributed by atoms with van der Waals surface area (Å²) in [6, 6.07) is 17.8. The van der Waals surface area contributed by atoms with Crippen LogP contribution in [0.25, 0.3) is 0 Å². The lowest BCUT2D eigenvalue weighted by atomic mass is 10.1. The molecule has 3 rings (SSSR count). The molecule has 0 aliphatic heterocycles. The number of rotatable bonds is 7. The second kappa shape index (κ2) is 10.0. The van der Waals surface area contributed by atoms with Crippen LogP contribution < -0.4 is 5.32 Å². The molecule has 0 unspecified atom stereocenters. The van der Waals surface area contributed by atoms with Gasteiger partial charge in [0.25, 0.3) is 0 Å². The molecule has 31 heavy (non-hydrogen) atoms. The number of carbonyl (C=O) groups excluding carboxylic acids is 1. The Morgan fingerprint density at radius 1 is 0.871 bits per heavy atom. The normalized spacial score (nSPS) is 11.5. The number of nitrogens with one attached hydrogen (secondary N) is 1. The zero-order valence-electron chi connectivity index (χ0n) is 16.5. The van der Waals surface area contributed by atoms with Crippen molar-refractivity contribution in [3.63, 3.8) is 0 Å². The van der Waals surface area contributed by atoms with E-state index in [1.807, 2.05) is 31.2 Å². The fourth-order valence-electron chi connectivity index (χ4n) is 2.87. The maximum absolute atomic E-state index is 13.3. The van der Waals surface area contributed by atoms with E-state index in [1.165, 1.54) is 42.5 Å². The number of aryl methyl sites for hydroxylation is 1. The first-order valence-corrected chi connectivity index (χ1v) is 11.8. The predicted octanol–water partition coefficient (Wildman–Crippen LogP) is 5.78. The van der Waals surface area contributed by atoms with Crippen LogP contribution in [0, 0.1) is 6.92 Å². The highest BCUT2D eigenvalue weighted by atomic mass is 35.5. The van der Waals surface area contributed by atoms with Gasteiger partial charge in [0.05, 0.1) is 11.4 Å². The summed E-state index contributed by atoms with van der Waals surface area (Å²) in [6.45, 7) is 1.56. The minimum absolute atomic E-state index is 0.0228. The van der Waals surface area contributed by atoms with Crippen LogP contribution in [0.1, 0.15) is 11.1 Å². The third-order valence-corrected chi connectivity index (χ3v) is 6.89. The minimum atomic E-state index is -3.97. The van der Waals surface area contributed by atoms with Crippen molar-refractivity contribution in [3.8, 4) is 0 Å². The largest absolute Gasteiger partial charge is 0.325 e. The fraction of sp³-hybridized carbons (Fsp3) is 0.136. The Morgan fingerprint density at radius 2 is 1.45 bits per heavy atom. The van der Waals surface area contributed by atoms with E-state index >= 15 is 0 Å². The fourth-order valence-corrected chi connectivity index (χ4v) is 4.90. The zero-order valence-corrected chi connectivity index (χ0v) is 19.6. The molecule has 5 nitrogen and oxygen atoms in total. The molecule has 0 fully saturated rings. The molecule has 0 aliphatic rings. The van der Waals surface area contributed by atoms with Crippen LogP contribution in [-0.2, 0) is 21.4 Å². The molecule has 0 atom stereocenters. The highest BCUT2D eigenvalue weighted by molar-refractivity contribution is 7.89. The third-order valence-electron chi connectivity index (χ3n) is 4.40. The summed E-state index contributed by atoms with van der Waals surface area (Å²) in [5, 5.41) is 3.77. The van der Waals surface area contributed by atoms with Crippen LogP contribution in [0.15, 0.2) is 71.6 Å². The summed E-state index contributed by atoms with van der Waals surface area (Å²) in [5.74, 6) is -0.525. The van der Waals surface area contributed by atoms with Gasteiger partial charge < -0.3 is 5.32 Å². The molecule has 0 saturated heterocycles. The Balaban J connectivity index is 1.88. The first-order valence-electron chi connectivity index (χ1n) is 9.21. The molecular formula is C22H19Cl3N2O3S. The lowest BCUT2D eigenvalue weighted by Gasteiger charge is -2.22. The molecule has 0 heterocycles. The lowest BCUT2D eigenvalue weighted by Crippen LogP contribution is -2.37. The molecule has 0 spiro atoms. The van der Waals surface area contributed by atoms with Gasteiger partial charge in [-0.05, 0) is 55.0 Å². The molecule has 0 saturated carbocycles. The van der Waals surface area contributed by atoms with Crippen LogP contribution >= 0.6 is 34.8 Å². The summed E-state index contributed by atoms with van der Waals surface area (Å²) >= 11 is 17.8. The Labute approximate surface area is 196 Å². The van der Waals surface area contributed by atoms with Gasteiger partial charge in [0.15, 0.2) is 0 Å². The van der Waals surface area contributed by atoms with E-state index in [1.54, 1.807) is 0 Å². The van der Waals surface area contributed by atoms with E-state index < -0.39 is 22.5 Å². The molecule has 0 aliphatic carbocycles. The van der Waals surface area contributed by atoms with Crippen molar-refractivity contribution in [1.82, 2.24) is 4.31 Å². The van der Waals surface area contributed by atoms with Crippen molar-refractivity contribution in [2.75, 3.05) is 11.9 Å². The lowest BCUT2D eigenvalue weighted by molar-refractivity contribution is -0.116. The van der Waals surface area contributed by atoms with E-state index in [4.69, 9.17) is 34.8 Å². The number of hydrogen-bond donors (Lipinski definition) is 1. The highest BCUT2D eigenvalue weighted by Crippen LogP contribution is 2.24. The molecule has 3 aromatic carbocycles. The molecule has 1 N–H and O–H groups in total. The maximum Gasteiger partial charge on any atom is 0.243 e. The molecule has 1 amide bonds. The number of hydrogen-bond acceptors (Lipinski definition) is 3. The molecular weight excluding hydrogens is 479 g/mol. The SMILES string of the molecule is Cc1ccc(CN(CC(=O)Nc2cc(Cl)cc(Cl)c2)S(=O)(=O)c2ccc(Cl)cc2)cc1. The number of halogens is 3. The zero-order chi connectivity index (χ0) is 22.6. The van der Waals surface area contributed by atoms with Gasteiger partial charge in [0.2, 0.25) is 15.9 Å². The summed E-state index contributed by atoms with van der Waals surface area (Å²) in [4.78, 5) is 12.7. The average Bonchev–Trinajstić information content (AvgIpc) is 2.68. The van der Waals surface area contributed by atoms with Gasteiger partial charge in [0.1, 0.15) is 0 Å². The van der Waals surface area contributed by atoms with Crippen LogP contribution in [0.5, 0.6) is 0 Å². The van der Waals surface area contributed by atoms with Gasteiger partial charge in [-0.25, -0.2) is 8.42 Å². The van der Waals surface area contributed by atoms with Crippen LogP contribution in [-0.4, -0.2) is 25.2 Å². The molecule has 0 radical (unpaired) electrons. The quantitative estimate of drug-likeness (QED) is 0.449. The van der Waals surface area contributed by atoms with Crippen molar-refractivity contribution in [1.29, 1.82) is 0 Å². The number of carbonyl (C=O) groups is 1. The van der Waals surface area contributed by atoms with E-state index in [0.29, 0.717) is 20.8 Å². The summed E-state index contributed by atoms with van der Waals surface area (Å²) in [5.41, 5.74) is 2.18.